The quantitative estimate of drug-likeness (QED) is 0.899. The number of methoxy groups -OCH3 is 1. The molecule has 102 valence electrons. The molecule has 5 heteroatoms. The van der Waals surface area contributed by atoms with Gasteiger partial charge in [-0.15, -0.1) is 0 Å². The highest BCUT2D eigenvalue weighted by Gasteiger charge is 2.16. The Labute approximate surface area is 111 Å². The number of aryl methyl sites for hydroxylation is 1. The molecule has 1 atom stereocenters. The predicted octanol–water partition coefficient (Wildman–Crippen LogP) is 2.50. The Morgan fingerprint density at radius 2 is 2.26 bits per heavy atom. The van der Waals surface area contributed by atoms with E-state index in [1.165, 1.54) is 0 Å². The fraction of sp³-hybridized carbons (Fsp3) is 0.429. The maximum atomic E-state index is 11.1. The van der Waals surface area contributed by atoms with Gasteiger partial charge in [0.1, 0.15) is 5.82 Å². The van der Waals surface area contributed by atoms with E-state index in [2.05, 4.69) is 9.55 Å². The topological polar surface area (TPSA) is 64.3 Å². The summed E-state index contributed by atoms with van der Waals surface area (Å²) in [4.78, 5) is 15.6. The van der Waals surface area contributed by atoms with Crippen molar-refractivity contribution in [1.82, 2.24) is 9.55 Å². The molecule has 0 amide bonds. The van der Waals surface area contributed by atoms with Crippen molar-refractivity contribution in [2.24, 2.45) is 0 Å². The van der Waals surface area contributed by atoms with Gasteiger partial charge >= 0.3 is 5.97 Å². The van der Waals surface area contributed by atoms with Crippen LogP contribution >= 0.6 is 0 Å². The number of aromatic nitrogens is 2. The average Bonchev–Trinajstić information content (AvgIpc) is 2.76. The molecule has 2 rings (SSSR count). The Morgan fingerprint density at radius 1 is 1.53 bits per heavy atom. The summed E-state index contributed by atoms with van der Waals surface area (Å²) >= 11 is 0. The summed E-state index contributed by atoms with van der Waals surface area (Å²) < 4.78 is 7.25. The fourth-order valence-electron chi connectivity index (χ4n) is 2.33. The van der Waals surface area contributed by atoms with Crippen molar-refractivity contribution < 1.29 is 14.6 Å². The number of ether oxygens (including phenoxy) is 1. The van der Waals surface area contributed by atoms with Crippen LogP contribution in [0.3, 0.4) is 0 Å². The number of benzene rings is 1. The van der Waals surface area contributed by atoms with E-state index in [0.717, 1.165) is 23.3 Å². The summed E-state index contributed by atoms with van der Waals surface area (Å²) in [5.74, 6) is 0.0224. The van der Waals surface area contributed by atoms with Crippen molar-refractivity contribution in [2.75, 3.05) is 13.7 Å². The molecule has 19 heavy (non-hydrogen) atoms. The van der Waals surface area contributed by atoms with Gasteiger partial charge in [0.25, 0.3) is 0 Å². The molecule has 0 spiro atoms. The number of hydrogen-bond donors (Lipinski definition) is 1. The Bertz CT molecular complexity index is 604. The van der Waals surface area contributed by atoms with Gasteiger partial charge in [0.05, 0.1) is 29.2 Å². The van der Waals surface area contributed by atoms with Crippen molar-refractivity contribution in [1.29, 1.82) is 0 Å². The molecule has 1 N–H and O–H groups in total. The SMILES string of the molecule is CCc1nc2ccc(C(=O)O)cc2n1C(C)COC. The molecule has 0 radical (unpaired) electrons. The van der Waals surface area contributed by atoms with E-state index in [9.17, 15) is 4.79 Å². The molecule has 1 aromatic heterocycles. The zero-order chi connectivity index (χ0) is 14.0. The highest BCUT2D eigenvalue weighted by Crippen LogP contribution is 2.23. The molecule has 1 aromatic carbocycles. The molecule has 2 aromatic rings. The van der Waals surface area contributed by atoms with Gasteiger partial charge in [-0.1, -0.05) is 6.92 Å². The Hall–Kier alpha value is -1.88. The summed E-state index contributed by atoms with van der Waals surface area (Å²) in [7, 11) is 1.66. The molecule has 0 aliphatic heterocycles. The maximum absolute atomic E-state index is 11.1. The molecular formula is C14H18N2O3. The van der Waals surface area contributed by atoms with Crippen molar-refractivity contribution in [2.45, 2.75) is 26.3 Å². The summed E-state index contributed by atoms with van der Waals surface area (Å²) in [5, 5.41) is 9.09. The predicted molar refractivity (Wildman–Crippen MR) is 72.7 cm³/mol. The standard InChI is InChI=1S/C14H18N2O3/c1-4-13-15-11-6-5-10(14(17)18)7-12(11)16(13)9(2)8-19-3/h5-7,9H,4,8H2,1-3H3,(H,17,18). The van der Waals surface area contributed by atoms with Crippen LogP contribution in [0.15, 0.2) is 18.2 Å². The van der Waals surface area contributed by atoms with E-state index >= 15 is 0 Å². The largest absolute Gasteiger partial charge is 0.478 e. The molecule has 0 saturated carbocycles. The zero-order valence-corrected chi connectivity index (χ0v) is 11.4. The molecule has 1 heterocycles. The minimum absolute atomic E-state index is 0.119. The third-order valence-corrected chi connectivity index (χ3v) is 3.17. The summed E-state index contributed by atoms with van der Waals surface area (Å²) in [5.41, 5.74) is 1.95. The van der Waals surface area contributed by atoms with Crippen molar-refractivity contribution in [3.8, 4) is 0 Å². The monoisotopic (exact) mass is 262 g/mol. The van der Waals surface area contributed by atoms with Crippen LogP contribution in [0.25, 0.3) is 11.0 Å². The van der Waals surface area contributed by atoms with E-state index in [1.54, 1.807) is 25.3 Å². The number of carbonyl (C=O) groups is 1. The van der Waals surface area contributed by atoms with Crippen LogP contribution in [0.4, 0.5) is 0 Å². The van der Waals surface area contributed by atoms with E-state index in [0.29, 0.717) is 6.61 Å². The number of fused-ring (bicyclic) bond motifs is 1. The normalized spacial score (nSPS) is 12.8. The zero-order valence-electron chi connectivity index (χ0n) is 11.4. The number of aromatic carboxylic acids is 1. The molecule has 0 aliphatic rings. The first-order valence-electron chi connectivity index (χ1n) is 6.31. The Balaban J connectivity index is 2.62. The van der Waals surface area contributed by atoms with Crippen molar-refractivity contribution in [3.63, 3.8) is 0 Å². The number of carboxylic acid groups (broad SMARTS) is 1. The second-order valence-corrected chi connectivity index (χ2v) is 4.56. The minimum Gasteiger partial charge on any atom is -0.478 e. The second kappa shape index (κ2) is 5.40. The van der Waals surface area contributed by atoms with Gasteiger partial charge in [-0.25, -0.2) is 9.78 Å². The van der Waals surface area contributed by atoms with Crippen LogP contribution in [0, 0.1) is 0 Å². The van der Waals surface area contributed by atoms with Crippen LogP contribution in [-0.4, -0.2) is 34.3 Å². The number of imidazole rings is 1. The molecule has 0 aliphatic carbocycles. The van der Waals surface area contributed by atoms with Crippen LogP contribution in [0.2, 0.25) is 0 Å². The van der Waals surface area contributed by atoms with E-state index in [-0.39, 0.29) is 11.6 Å². The van der Waals surface area contributed by atoms with Crippen LogP contribution in [-0.2, 0) is 11.2 Å². The number of nitrogens with zero attached hydrogens (tertiary/aromatic N) is 2. The molecule has 0 saturated heterocycles. The lowest BCUT2D eigenvalue weighted by atomic mass is 10.2. The number of hydrogen-bond acceptors (Lipinski definition) is 3. The molecule has 0 bridgehead atoms. The molecular weight excluding hydrogens is 244 g/mol. The Morgan fingerprint density at radius 3 is 2.84 bits per heavy atom. The van der Waals surface area contributed by atoms with Crippen molar-refractivity contribution in [3.05, 3.63) is 29.6 Å². The highest BCUT2D eigenvalue weighted by molar-refractivity contribution is 5.92. The minimum atomic E-state index is -0.924. The van der Waals surface area contributed by atoms with Gasteiger partial charge in [0.15, 0.2) is 0 Å². The molecule has 0 fully saturated rings. The van der Waals surface area contributed by atoms with Gasteiger partial charge in [0, 0.05) is 13.5 Å². The average molecular weight is 262 g/mol. The fourth-order valence-corrected chi connectivity index (χ4v) is 2.33. The van der Waals surface area contributed by atoms with Gasteiger partial charge in [-0.2, -0.15) is 0 Å². The van der Waals surface area contributed by atoms with Gasteiger partial charge in [-0.3, -0.25) is 0 Å². The van der Waals surface area contributed by atoms with E-state index in [1.807, 2.05) is 13.8 Å². The highest BCUT2D eigenvalue weighted by atomic mass is 16.5. The van der Waals surface area contributed by atoms with E-state index < -0.39 is 5.97 Å². The lowest BCUT2D eigenvalue weighted by molar-refractivity contribution is 0.0697. The lowest BCUT2D eigenvalue weighted by Gasteiger charge is -2.16. The first-order chi connectivity index (χ1) is 9.08. The van der Waals surface area contributed by atoms with Crippen LogP contribution in [0.1, 0.15) is 36.1 Å². The smallest absolute Gasteiger partial charge is 0.335 e. The maximum Gasteiger partial charge on any atom is 0.335 e. The van der Waals surface area contributed by atoms with Crippen molar-refractivity contribution >= 4 is 17.0 Å². The van der Waals surface area contributed by atoms with Gasteiger partial charge < -0.3 is 14.4 Å². The summed E-state index contributed by atoms with van der Waals surface area (Å²) in [6.45, 7) is 4.64. The third kappa shape index (κ3) is 2.46. The first-order valence-corrected chi connectivity index (χ1v) is 6.31. The van der Waals surface area contributed by atoms with Gasteiger partial charge in [-0.05, 0) is 25.1 Å². The van der Waals surface area contributed by atoms with Gasteiger partial charge in [0.2, 0.25) is 0 Å². The third-order valence-electron chi connectivity index (χ3n) is 3.17. The lowest BCUT2D eigenvalue weighted by Crippen LogP contribution is -2.14. The first kappa shape index (κ1) is 13.5. The second-order valence-electron chi connectivity index (χ2n) is 4.56. The molecule has 5 nitrogen and oxygen atoms in total. The molecule has 1 unspecified atom stereocenters. The Kier molecular flexibility index (Phi) is 3.85. The summed E-state index contributed by atoms with van der Waals surface area (Å²) in [6.07, 6.45) is 0.797. The van der Waals surface area contributed by atoms with E-state index in [4.69, 9.17) is 9.84 Å². The summed E-state index contributed by atoms with van der Waals surface area (Å²) in [6, 6.07) is 5.14. The van der Waals surface area contributed by atoms with Crippen LogP contribution < -0.4 is 0 Å². The number of carboxylic acids is 1. The number of rotatable bonds is 5. The van der Waals surface area contributed by atoms with Crippen LogP contribution in [0.5, 0.6) is 0 Å².